The summed E-state index contributed by atoms with van der Waals surface area (Å²) in [5.74, 6) is 1.38. The summed E-state index contributed by atoms with van der Waals surface area (Å²) in [6.07, 6.45) is 0.119. The van der Waals surface area contributed by atoms with E-state index in [0.717, 1.165) is 0 Å². The highest BCUT2D eigenvalue weighted by molar-refractivity contribution is 5.44. The van der Waals surface area contributed by atoms with E-state index in [1.165, 1.54) is 0 Å². The molecule has 0 amide bonds. The number of hydrogen-bond acceptors (Lipinski definition) is 7. The second kappa shape index (κ2) is 4.52. The van der Waals surface area contributed by atoms with Gasteiger partial charge in [0.15, 0.2) is 5.76 Å². The maximum atomic E-state index is 9.43. The topological polar surface area (TPSA) is 95.8 Å². The van der Waals surface area contributed by atoms with Crippen molar-refractivity contribution in [1.82, 2.24) is 15.0 Å². The third-order valence-corrected chi connectivity index (χ3v) is 2.90. The SMILES string of the molecule is O[C@@H]1CN(Cc2nc(-c3ccco3)no2)C[C@@H]1O. The minimum atomic E-state index is -0.711. The van der Waals surface area contributed by atoms with Crippen LogP contribution in [0.1, 0.15) is 5.89 Å². The molecule has 0 aliphatic carbocycles. The first-order valence-electron chi connectivity index (χ1n) is 5.67. The van der Waals surface area contributed by atoms with Crippen LogP contribution >= 0.6 is 0 Å². The number of hydrogen-bond donors (Lipinski definition) is 2. The Morgan fingerprint density at radius 3 is 2.78 bits per heavy atom. The second-order valence-corrected chi connectivity index (χ2v) is 4.32. The third-order valence-electron chi connectivity index (χ3n) is 2.90. The van der Waals surface area contributed by atoms with Gasteiger partial charge in [-0.2, -0.15) is 4.98 Å². The van der Waals surface area contributed by atoms with Crippen LogP contribution in [0.5, 0.6) is 0 Å². The van der Waals surface area contributed by atoms with Gasteiger partial charge in [0.25, 0.3) is 0 Å². The van der Waals surface area contributed by atoms with E-state index in [1.54, 1.807) is 18.4 Å². The number of nitrogens with zero attached hydrogens (tertiary/aromatic N) is 3. The largest absolute Gasteiger partial charge is 0.461 e. The molecule has 2 N–H and O–H groups in total. The molecule has 1 aliphatic rings. The summed E-state index contributed by atoms with van der Waals surface area (Å²) in [6, 6.07) is 3.50. The molecule has 2 aromatic rings. The molecule has 0 aromatic carbocycles. The van der Waals surface area contributed by atoms with Crippen molar-refractivity contribution in [3.05, 3.63) is 24.3 Å². The molecular formula is C11H13N3O4. The number of furan rings is 1. The molecule has 3 rings (SSSR count). The molecule has 0 bridgehead atoms. The Hall–Kier alpha value is -1.70. The number of aliphatic hydroxyl groups excluding tert-OH is 2. The minimum Gasteiger partial charge on any atom is -0.461 e. The lowest BCUT2D eigenvalue weighted by Gasteiger charge is -2.10. The first-order chi connectivity index (χ1) is 8.72. The Bertz CT molecular complexity index is 500. The van der Waals surface area contributed by atoms with Crippen molar-refractivity contribution in [1.29, 1.82) is 0 Å². The molecule has 18 heavy (non-hydrogen) atoms. The van der Waals surface area contributed by atoms with Gasteiger partial charge in [-0.25, -0.2) is 0 Å². The lowest BCUT2D eigenvalue weighted by atomic mass is 10.3. The van der Waals surface area contributed by atoms with Crippen molar-refractivity contribution in [3.63, 3.8) is 0 Å². The predicted octanol–water partition coefficient (Wildman–Crippen LogP) is -0.133. The fourth-order valence-corrected chi connectivity index (χ4v) is 1.99. The van der Waals surface area contributed by atoms with Gasteiger partial charge in [-0.05, 0) is 12.1 Å². The summed E-state index contributed by atoms with van der Waals surface area (Å²) in [5.41, 5.74) is 0. The summed E-state index contributed by atoms with van der Waals surface area (Å²) in [7, 11) is 0. The standard InChI is InChI=1S/C11H13N3O4/c15-7-4-14(5-8(7)16)6-10-12-11(13-18-10)9-2-1-3-17-9/h1-3,7-8,15-16H,4-6H2/t7-,8+. The average Bonchev–Trinajstić information content (AvgIpc) is 3.02. The van der Waals surface area contributed by atoms with Gasteiger partial charge >= 0.3 is 0 Å². The smallest absolute Gasteiger partial charge is 0.241 e. The predicted molar refractivity (Wildman–Crippen MR) is 59.3 cm³/mol. The second-order valence-electron chi connectivity index (χ2n) is 4.32. The Morgan fingerprint density at radius 2 is 2.11 bits per heavy atom. The van der Waals surface area contributed by atoms with Gasteiger partial charge in [0.2, 0.25) is 11.7 Å². The Morgan fingerprint density at radius 1 is 1.33 bits per heavy atom. The molecule has 0 unspecified atom stereocenters. The molecule has 7 heteroatoms. The van der Waals surface area contributed by atoms with E-state index in [1.807, 2.05) is 4.90 Å². The van der Waals surface area contributed by atoms with E-state index < -0.39 is 12.2 Å². The molecule has 2 atom stereocenters. The maximum Gasteiger partial charge on any atom is 0.241 e. The van der Waals surface area contributed by atoms with Gasteiger partial charge in [0.05, 0.1) is 25.0 Å². The van der Waals surface area contributed by atoms with E-state index in [9.17, 15) is 10.2 Å². The molecular weight excluding hydrogens is 238 g/mol. The van der Waals surface area contributed by atoms with Crippen molar-refractivity contribution in [2.45, 2.75) is 18.8 Å². The van der Waals surface area contributed by atoms with Gasteiger partial charge in [-0.1, -0.05) is 5.16 Å². The molecule has 2 aromatic heterocycles. The fourth-order valence-electron chi connectivity index (χ4n) is 1.99. The van der Waals surface area contributed by atoms with E-state index in [0.29, 0.717) is 37.1 Å². The van der Waals surface area contributed by atoms with Crippen LogP contribution in [0, 0.1) is 0 Å². The van der Waals surface area contributed by atoms with Crippen LogP contribution in [0.2, 0.25) is 0 Å². The van der Waals surface area contributed by atoms with Crippen molar-refractivity contribution >= 4 is 0 Å². The molecule has 7 nitrogen and oxygen atoms in total. The van der Waals surface area contributed by atoms with Gasteiger partial charge < -0.3 is 19.2 Å². The number of β-amino-alcohol motifs (C(OH)–C–C–N with tert-alkyl or cyclic N) is 2. The normalized spacial score (nSPS) is 24.8. The summed E-state index contributed by atoms with van der Waals surface area (Å²) in [5, 5.41) is 22.7. The fraction of sp³-hybridized carbons (Fsp3) is 0.455. The molecule has 3 heterocycles. The van der Waals surface area contributed by atoms with Crippen molar-refractivity contribution in [2.24, 2.45) is 0 Å². The van der Waals surface area contributed by atoms with Gasteiger partial charge in [0.1, 0.15) is 0 Å². The zero-order chi connectivity index (χ0) is 12.5. The average molecular weight is 251 g/mol. The monoisotopic (exact) mass is 251 g/mol. The number of aliphatic hydroxyl groups is 2. The summed E-state index contributed by atoms with van der Waals surface area (Å²) >= 11 is 0. The molecule has 1 saturated heterocycles. The first kappa shape index (κ1) is 11.4. The number of likely N-dealkylation sites (tertiary alicyclic amines) is 1. The molecule has 0 radical (unpaired) electrons. The minimum absolute atomic E-state index is 0.398. The molecule has 96 valence electrons. The molecule has 1 fully saturated rings. The lowest BCUT2D eigenvalue weighted by Crippen LogP contribution is -2.22. The van der Waals surface area contributed by atoms with Crippen molar-refractivity contribution in [2.75, 3.05) is 13.1 Å². The highest BCUT2D eigenvalue weighted by atomic mass is 16.5. The van der Waals surface area contributed by atoms with E-state index in [-0.39, 0.29) is 0 Å². The lowest BCUT2D eigenvalue weighted by molar-refractivity contribution is 0.0572. The quantitative estimate of drug-likeness (QED) is 0.784. The zero-order valence-electron chi connectivity index (χ0n) is 9.56. The van der Waals surface area contributed by atoms with Crippen LogP contribution in [0.3, 0.4) is 0 Å². The van der Waals surface area contributed by atoms with Crippen molar-refractivity contribution in [3.8, 4) is 11.6 Å². The molecule has 0 saturated carbocycles. The van der Waals surface area contributed by atoms with E-state index in [2.05, 4.69) is 10.1 Å². The van der Waals surface area contributed by atoms with E-state index in [4.69, 9.17) is 8.94 Å². The third kappa shape index (κ3) is 2.15. The molecule has 0 spiro atoms. The Kier molecular flexibility index (Phi) is 2.86. The van der Waals surface area contributed by atoms with Crippen molar-refractivity contribution < 1.29 is 19.2 Å². The van der Waals surface area contributed by atoms with Gasteiger partial charge in [-0.15, -0.1) is 0 Å². The van der Waals surface area contributed by atoms with Crippen LogP contribution in [0.25, 0.3) is 11.6 Å². The van der Waals surface area contributed by atoms with Crippen LogP contribution in [0.4, 0.5) is 0 Å². The number of aromatic nitrogens is 2. The van der Waals surface area contributed by atoms with Crippen LogP contribution in [-0.4, -0.2) is 50.6 Å². The van der Waals surface area contributed by atoms with Gasteiger partial charge in [0, 0.05) is 13.1 Å². The Balaban J connectivity index is 1.68. The summed E-state index contributed by atoms with van der Waals surface area (Å²) in [6.45, 7) is 1.21. The highest BCUT2D eigenvalue weighted by Gasteiger charge is 2.30. The van der Waals surface area contributed by atoms with Gasteiger partial charge in [-0.3, -0.25) is 4.90 Å². The first-order valence-corrected chi connectivity index (χ1v) is 5.67. The van der Waals surface area contributed by atoms with Crippen LogP contribution in [-0.2, 0) is 6.54 Å². The zero-order valence-corrected chi connectivity index (χ0v) is 9.56. The summed E-state index contributed by atoms with van der Waals surface area (Å²) in [4.78, 5) is 6.05. The molecule has 1 aliphatic heterocycles. The summed E-state index contributed by atoms with van der Waals surface area (Å²) < 4.78 is 10.3. The van der Waals surface area contributed by atoms with Crippen LogP contribution < -0.4 is 0 Å². The van der Waals surface area contributed by atoms with E-state index >= 15 is 0 Å². The maximum absolute atomic E-state index is 9.43. The highest BCUT2D eigenvalue weighted by Crippen LogP contribution is 2.18. The Labute approximate surface area is 103 Å². The number of rotatable bonds is 3. The van der Waals surface area contributed by atoms with Crippen LogP contribution in [0.15, 0.2) is 27.3 Å².